The van der Waals surface area contributed by atoms with Crippen molar-refractivity contribution in [2.75, 3.05) is 11.5 Å². The summed E-state index contributed by atoms with van der Waals surface area (Å²) in [6.45, 7) is 2.49. The maximum Gasteiger partial charge on any atom is 0.304 e. The zero-order valence-electron chi connectivity index (χ0n) is 23.5. The number of aliphatic hydroxyl groups excluding tert-OH is 1. The number of hydrogen-bond acceptors (Lipinski definition) is 7. The van der Waals surface area contributed by atoms with Gasteiger partial charge in [0.25, 0.3) is 0 Å². The summed E-state index contributed by atoms with van der Waals surface area (Å²) < 4.78 is 33.2. The van der Waals surface area contributed by atoms with Gasteiger partial charge in [0.1, 0.15) is 24.2 Å². The van der Waals surface area contributed by atoms with Crippen LogP contribution in [0.15, 0.2) is 66.0 Å². The summed E-state index contributed by atoms with van der Waals surface area (Å²) in [7, 11) is -2.42. The maximum absolute atomic E-state index is 11.4. The van der Waals surface area contributed by atoms with E-state index in [9.17, 15) is 24.1 Å². The molecule has 1 saturated carbocycles. The molecule has 4 N–H and O–H groups in total. The molecule has 0 atom stereocenters. The highest BCUT2D eigenvalue weighted by atomic mass is 32.3. The van der Waals surface area contributed by atoms with Crippen molar-refractivity contribution in [3.05, 3.63) is 82.7 Å². The first-order chi connectivity index (χ1) is 20.1. The maximum atomic E-state index is 11.4. The summed E-state index contributed by atoms with van der Waals surface area (Å²) >= 11 is 1.71. The van der Waals surface area contributed by atoms with E-state index < -0.39 is 28.1 Å². The van der Waals surface area contributed by atoms with Crippen molar-refractivity contribution in [2.24, 2.45) is 0 Å². The molecule has 4 aromatic rings. The van der Waals surface area contributed by atoms with Gasteiger partial charge >= 0.3 is 5.97 Å². The molecule has 9 heteroatoms. The third-order valence-corrected chi connectivity index (χ3v) is 11.3. The topological polar surface area (TPSA) is 116 Å². The Hall–Kier alpha value is -3.08. The molecule has 6 rings (SSSR count). The van der Waals surface area contributed by atoms with Gasteiger partial charge in [-0.15, -0.1) is 11.3 Å². The van der Waals surface area contributed by atoms with Crippen LogP contribution in [0.2, 0.25) is 0 Å². The lowest BCUT2D eigenvalue weighted by Crippen LogP contribution is -2.46. The van der Waals surface area contributed by atoms with Gasteiger partial charge in [-0.05, 0) is 83.8 Å². The Morgan fingerprint density at radius 1 is 0.976 bits per heavy atom. The lowest BCUT2D eigenvalue weighted by atomic mass is 9.61. The molecular formula is C33H36O7S2. The van der Waals surface area contributed by atoms with Crippen molar-refractivity contribution in [1.29, 1.82) is 0 Å². The largest absolute Gasteiger partial charge is 0.490 e. The highest BCUT2D eigenvalue weighted by molar-refractivity contribution is 8.24. The van der Waals surface area contributed by atoms with Crippen molar-refractivity contribution in [2.45, 2.75) is 63.3 Å². The molecule has 2 fully saturated rings. The smallest absolute Gasteiger partial charge is 0.304 e. The number of carboxylic acids is 1. The summed E-state index contributed by atoms with van der Waals surface area (Å²) in [6, 6.07) is 20.1. The second-order valence-electron chi connectivity index (χ2n) is 11.7. The molecule has 3 aromatic carbocycles. The van der Waals surface area contributed by atoms with Crippen LogP contribution in [-0.2, 0) is 16.8 Å². The highest BCUT2D eigenvalue weighted by Gasteiger charge is 2.46. The van der Waals surface area contributed by atoms with E-state index in [0.717, 1.165) is 28.0 Å². The summed E-state index contributed by atoms with van der Waals surface area (Å²) in [5.74, 6) is 1.48. The molecule has 7 nitrogen and oxygen atoms in total. The average molecular weight is 609 g/mol. The number of carbonyl (C=O) groups is 1. The van der Waals surface area contributed by atoms with E-state index in [1.165, 1.54) is 15.6 Å². The molecule has 1 saturated heterocycles. The van der Waals surface area contributed by atoms with E-state index in [4.69, 9.17) is 9.47 Å². The number of aliphatic hydroxyl groups is 1. The van der Waals surface area contributed by atoms with Crippen LogP contribution in [0.5, 0.6) is 11.5 Å². The number of ether oxygens (including phenoxy) is 2. The number of aliphatic carboxylic acids is 1. The van der Waals surface area contributed by atoms with Crippen LogP contribution in [0.4, 0.5) is 0 Å². The molecule has 0 bridgehead atoms. The third-order valence-electron chi connectivity index (χ3n) is 8.58. The quantitative estimate of drug-likeness (QED) is 0.154. The van der Waals surface area contributed by atoms with Gasteiger partial charge in [0.15, 0.2) is 0 Å². The van der Waals surface area contributed by atoms with Crippen LogP contribution >= 0.6 is 21.9 Å². The molecule has 0 amide bonds. The van der Waals surface area contributed by atoms with Crippen LogP contribution in [-0.4, -0.2) is 49.0 Å². The summed E-state index contributed by atoms with van der Waals surface area (Å²) in [5, 5.41) is 22.6. The molecule has 1 aliphatic heterocycles. The second kappa shape index (κ2) is 11.5. The van der Waals surface area contributed by atoms with E-state index in [1.54, 1.807) is 11.3 Å². The predicted molar refractivity (Wildman–Crippen MR) is 168 cm³/mol. The number of fused-ring (bicyclic) bond motifs is 1. The van der Waals surface area contributed by atoms with Gasteiger partial charge in [-0.25, -0.2) is 0 Å². The number of thiophene rings is 1. The number of hydrogen-bond donors (Lipinski definition) is 4. The Bertz CT molecular complexity index is 1580. The minimum atomic E-state index is -2.42. The minimum Gasteiger partial charge on any atom is -0.490 e. The molecule has 2 aliphatic rings. The van der Waals surface area contributed by atoms with Crippen molar-refractivity contribution in [3.8, 4) is 22.6 Å². The molecule has 0 spiro atoms. The monoisotopic (exact) mass is 608 g/mol. The Morgan fingerprint density at radius 3 is 2.36 bits per heavy atom. The van der Waals surface area contributed by atoms with Gasteiger partial charge < -0.3 is 19.7 Å². The van der Waals surface area contributed by atoms with Gasteiger partial charge in [-0.3, -0.25) is 13.9 Å². The van der Waals surface area contributed by atoms with E-state index in [0.29, 0.717) is 49.5 Å². The van der Waals surface area contributed by atoms with E-state index in [2.05, 4.69) is 42.6 Å². The molecule has 2 heterocycles. The van der Waals surface area contributed by atoms with Crippen molar-refractivity contribution >= 4 is 38.0 Å². The molecule has 0 unspecified atom stereocenters. The number of aryl methyl sites for hydroxylation is 1. The van der Waals surface area contributed by atoms with Crippen molar-refractivity contribution in [3.63, 3.8) is 0 Å². The van der Waals surface area contributed by atoms with Crippen LogP contribution in [0.25, 0.3) is 21.2 Å². The number of benzene rings is 3. The van der Waals surface area contributed by atoms with Gasteiger partial charge in [0.05, 0.1) is 12.5 Å². The summed E-state index contributed by atoms with van der Waals surface area (Å²) in [4.78, 5) is 11.4. The average Bonchev–Trinajstić information content (AvgIpc) is 3.35. The van der Waals surface area contributed by atoms with Gasteiger partial charge in [0.2, 0.25) is 0 Å². The van der Waals surface area contributed by atoms with Crippen LogP contribution in [0.1, 0.15) is 48.8 Å². The first-order valence-corrected chi connectivity index (χ1v) is 17.0. The summed E-state index contributed by atoms with van der Waals surface area (Å²) in [6.07, 6.45) is 1.82. The Labute approximate surface area is 251 Å². The highest BCUT2D eigenvalue weighted by Crippen LogP contribution is 2.47. The Balaban J connectivity index is 1.13. The lowest BCUT2D eigenvalue weighted by molar-refractivity contribution is -0.140. The fourth-order valence-corrected chi connectivity index (χ4v) is 8.69. The molecule has 42 heavy (non-hydrogen) atoms. The minimum absolute atomic E-state index is 0.00730. The SMILES string of the molecule is Cc1cc(OC2CCS(O)(O)CC2)ccc1-c1csc2ccc(COc3ccc(C4(CC(=O)O)CC(O)C4)cc3)cc12. The number of carboxylic acid groups (broad SMARTS) is 1. The molecular weight excluding hydrogens is 572 g/mol. The normalized spacial score (nSPS) is 22.8. The fraction of sp³-hybridized carbons (Fsp3) is 0.364. The predicted octanol–water partition coefficient (Wildman–Crippen LogP) is 7.61. The van der Waals surface area contributed by atoms with Crippen molar-refractivity contribution < 1.29 is 33.6 Å². The van der Waals surface area contributed by atoms with Gasteiger partial charge in [-0.2, -0.15) is 10.6 Å². The molecule has 1 aromatic heterocycles. The second-order valence-corrected chi connectivity index (χ2v) is 15.0. The Kier molecular flexibility index (Phi) is 7.97. The lowest BCUT2D eigenvalue weighted by Gasteiger charge is -2.45. The molecule has 0 radical (unpaired) electrons. The Morgan fingerprint density at radius 2 is 1.69 bits per heavy atom. The van der Waals surface area contributed by atoms with Crippen LogP contribution in [0.3, 0.4) is 0 Å². The standard InChI is InChI=1S/C33H36O7S2/c1-21-14-27(40-26-10-12-42(37,38)13-11-26)7-8-28(21)30-20-41-31-9-2-22(15-29(30)31)19-39-25-5-3-23(4-6-25)33(18-32(35)36)16-24(34)17-33/h2-9,14-15,20,24,26,34,37-38H,10-13,16-19H2,1H3,(H,35,36). The van der Waals surface area contributed by atoms with Gasteiger partial charge in [-0.1, -0.05) is 24.3 Å². The van der Waals surface area contributed by atoms with Crippen LogP contribution < -0.4 is 9.47 Å². The molecule has 222 valence electrons. The third kappa shape index (κ3) is 6.16. The first kappa shape index (κ1) is 29.0. The first-order valence-electron chi connectivity index (χ1n) is 14.2. The van der Waals surface area contributed by atoms with Crippen LogP contribution in [0, 0.1) is 6.92 Å². The van der Waals surface area contributed by atoms with Gasteiger partial charge in [0, 0.05) is 45.4 Å². The fourth-order valence-electron chi connectivity index (χ4n) is 6.27. The molecule has 1 aliphatic carbocycles. The van der Waals surface area contributed by atoms with Crippen molar-refractivity contribution in [1.82, 2.24) is 0 Å². The zero-order chi connectivity index (χ0) is 29.5. The van der Waals surface area contributed by atoms with E-state index >= 15 is 0 Å². The summed E-state index contributed by atoms with van der Waals surface area (Å²) in [5.41, 5.74) is 4.91. The zero-order valence-corrected chi connectivity index (χ0v) is 25.1. The van der Waals surface area contributed by atoms with E-state index in [1.807, 2.05) is 30.3 Å². The van der Waals surface area contributed by atoms with E-state index in [-0.39, 0.29) is 12.5 Å². The number of rotatable bonds is 9.